The third-order valence-corrected chi connectivity index (χ3v) is 2.06. The van der Waals surface area contributed by atoms with Gasteiger partial charge < -0.3 is 4.74 Å². The Balaban J connectivity index is 4.10. The lowest BCUT2D eigenvalue weighted by atomic mass is 10.1. The fraction of sp³-hybridized carbons (Fsp3) is 0.875. The van der Waals surface area contributed by atoms with E-state index in [0.29, 0.717) is 6.92 Å². The second-order valence-corrected chi connectivity index (χ2v) is 3.34. The number of halogens is 4. The minimum Gasteiger partial charge on any atom is -0.466 e. The van der Waals surface area contributed by atoms with Crippen molar-refractivity contribution in [2.45, 2.75) is 38.8 Å². The maximum Gasteiger partial charge on any atom is 0.305 e. The second kappa shape index (κ2) is 6.64. The summed E-state index contributed by atoms with van der Waals surface area (Å²) in [5.74, 6) is -0.585. The first kappa shape index (κ1) is 15.1. The Bertz CT molecular complexity index is 218. The van der Waals surface area contributed by atoms with Crippen molar-refractivity contribution in [1.29, 1.82) is 0 Å². The van der Waals surface area contributed by atoms with Crippen molar-refractivity contribution in [3.05, 3.63) is 0 Å². The van der Waals surface area contributed by atoms with Crippen molar-refractivity contribution in [2.24, 2.45) is 0 Å². The van der Waals surface area contributed by atoms with Crippen LogP contribution in [0.4, 0.5) is 17.9 Å². The summed E-state index contributed by atoms with van der Waals surface area (Å²) in [5, 5.41) is -3.14. The molecule has 0 aromatic rings. The molecule has 0 aliphatic rings. The number of rotatable bonds is 7. The highest BCUT2D eigenvalue weighted by molar-refractivity contribution is 5.69. The van der Waals surface area contributed by atoms with E-state index < -0.39 is 28.7 Å². The lowest BCUT2D eigenvalue weighted by Gasteiger charge is -2.28. The molecule has 0 N–H and O–H groups in total. The fourth-order valence-corrected chi connectivity index (χ4v) is 1.03. The first-order valence-electron chi connectivity index (χ1n) is 4.73. The Morgan fingerprint density at radius 3 is 2.12 bits per heavy atom. The van der Waals surface area contributed by atoms with E-state index in [1.54, 1.807) is 6.92 Å². The average molecular weight is 246 g/mol. The van der Waals surface area contributed by atoms with Gasteiger partial charge in [-0.3, -0.25) is 4.79 Å². The molecule has 0 saturated carbocycles. The van der Waals surface area contributed by atoms with E-state index >= 15 is 0 Å². The molecular formula is C8H14F4N2O2. The van der Waals surface area contributed by atoms with Crippen LogP contribution in [0.3, 0.4) is 0 Å². The number of ether oxygens (including phenoxy) is 1. The van der Waals surface area contributed by atoms with Gasteiger partial charge in [-0.05, 0) is 26.7 Å². The standard InChI is InChI=1S/C8H14F4N2O2/c1-3-16-7(15)5-4-6-8(2,13(9)10)14(11)12/h3-6H2,1-2H3. The van der Waals surface area contributed by atoms with Gasteiger partial charge in [-0.25, -0.2) is 0 Å². The van der Waals surface area contributed by atoms with Crippen LogP contribution in [0.25, 0.3) is 0 Å². The second-order valence-electron chi connectivity index (χ2n) is 3.34. The highest BCUT2D eigenvalue weighted by Gasteiger charge is 2.42. The van der Waals surface area contributed by atoms with Crippen LogP contribution in [-0.2, 0) is 9.53 Å². The maximum absolute atomic E-state index is 12.2. The summed E-state index contributed by atoms with van der Waals surface area (Å²) in [6.07, 6.45) is -0.819. The molecule has 0 atom stereocenters. The summed E-state index contributed by atoms with van der Waals surface area (Å²) in [7, 11) is 0. The smallest absolute Gasteiger partial charge is 0.305 e. The number of carbonyl (C=O) groups excluding carboxylic acids is 1. The molecule has 0 saturated heterocycles. The maximum atomic E-state index is 12.2. The van der Waals surface area contributed by atoms with Crippen molar-refractivity contribution in [3.63, 3.8) is 0 Å². The molecule has 0 aliphatic carbocycles. The quantitative estimate of drug-likeness (QED) is 0.299. The third-order valence-electron chi connectivity index (χ3n) is 2.06. The van der Waals surface area contributed by atoms with Gasteiger partial charge in [0.05, 0.1) is 6.61 Å². The summed E-state index contributed by atoms with van der Waals surface area (Å²) in [5.41, 5.74) is -2.67. The van der Waals surface area contributed by atoms with Gasteiger partial charge in [0.15, 0.2) is 5.66 Å². The molecule has 0 spiro atoms. The van der Waals surface area contributed by atoms with Crippen LogP contribution in [0, 0.1) is 0 Å². The zero-order valence-corrected chi connectivity index (χ0v) is 9.05. The van der Waals surface area contributed by atoms with Gasteiger partial charge in [0.2, 0.25) is 0 Å². The average Bonchev–Trinajstić information content (AvgIpc) is 2.17. The molecule has 0 heterocycles. The molecule has 0 aliphatic heterocycles. The minimum atomic E-state index is -2.67. The molecular weight excluding hydrogens is 232 g/mol. The molecule has 0 radical (unpaired) electrons. The lowest BCUT2D eigenvalue weighted by molar-refractivity contribution is -0.367. The third kappa shape index (κ3) is 4.31. The molecule has 0 rings (SSSR count). The molecule has 0 aromatic carbocycles. The normalized spacial score (nSPS) is 12.2. The zero-order valence-electron chi connectivity index (χ0n) is 9.05. The number of nitrogens with zero attached hydrogens (tertiary/aromatic N) is 2. The summed E-state index contributed by atoms with van der Waals surface area (Å²) in [4.78, 5) is 10.8. The van der Waals surface area contributed by atoms with Gasteiger partial charge in [0.25, 0.3) is 0 Å². The van der Waals surface area contributed by atoms with Gasteiger partial charge in [0.1, 0.15) is 0 Å². The highest BCUT2D eigenvalue weighted by atomic mass is 19.4. The molecule has 0 aromatic heterocycles. The lowest BCUT2D eigenvalue weighted by Crippen LogP contribution is -2.45. The van der Waals surface area contributed by atoms with E-state index in [-0.39, 0.29) is 19.4 Å². The first-order valence-corrected chi connectivity index (χ1v) is 4.73. The molecule has 0 bridgehead atoms. The number of carbonyl (C=O) groups is 1. The van der Waals surface area contributed by atoms with Crippen molar-refractivity contribution in [1.82, 2.24) is 10.7 Å². The van der Waals surface area contributed by atoms with Gasteiger partial charge >= 0.3 is 5.97 Å². The summed E-state index contributed by atoms with van der Waals surface area (Å²) in [6.45, 7) is 2.45. The monoisotopic (exact) mass is 246 g/mol. The molecule has 4 nitrogen and oxygen atoms in total. The largest absolute Gasteiger partial charge is 0.466 e. The molecule has 96 valence electrons. The fourth-order valence-electron chi connectivity index (χ4n) is 1.03. The number of hydrogen-bond acceptors (Lipinski definition) is 4. The van der Waals surface area contributed by atoms with E-state index in [9.17, 15) is 22.7 Å². The molecule has 8 heteroatoms. The van der Waals surface area contributed by atoms with Crippen LogP contribution >= 0.6 is 0 Å². The van der Waals surface area contributed by atoms with Gasteiger partial charge in [-0.15, -0.1) is 0 Å². The number of esters is 1. The molecule has 16 heavy (non-hydrogen) atoms. The Morgan fingerprint density at radius 1 is 1.25 bits per heavy atom. The van der Waals surface area contributed by atoms with Crippen LogP contribution in [-0.4, -0.2) is 28.9 Å². The summed E-state index contributed by atoms with van der Waals surface area (Å²) >= 11 is 0. The van der Waals surface area contributed by atoms with Crippen LogP contribution in [0.1, 0.15) is 33.1 Å². The predicted molar refractivity (Wildman–Crippen MR) is 47.0 cm³/mol. The van der Waals surface area contributed by atoms with E-state index in [1.807, 2.05) is 0 Å². The Labute approximate surface area is 90.5 Å². The van der Waals surface area contributed by atoms with Gasteiger partial charge in [-0.1, -0.05) is 17.9 Å². The SMILES string of the molecule is CCOC(=O)CCCC(C)(N(F)F)N(F)F. The van der Waals surface area contributed by atoms with Crippen LogP contribution in [0.15, 0.2) is 0 Å². The van der Waals surface area contributed by atoms with Crippen LogP contribution in [0.5, 0.6) is 0 Å². The van der Waals surface area contributed by atoms with Gasteiger partial charge in [-0.2, -0.15) is 0 Å². The molecule has 0 amide bonds. The van der Waals surface area contributed by atoms with E-state index in [0.717, 1.165) is 0 Å². The van der Waals surface area contributed by atoms with Crippen molar-refractivity contribution in [3.8, 4) is 0 Å². The zero-order chi connectivity index (χ0) is 12.8. The Morgan fingerprint density at radius 2 is 1.75 bits per heavy atom. The van der Waals surface area contributed by atoms with Gasteiger partial charge in [0, 0.05) is 17.1 Å². The van der Waals surface area contributed by atoms with Crippen LogP contribution in [0.2, 0.25) is 0 Å². The van der Waals surface area contributed by atoms with Crippen molar-refractivity contribution in [2.75, 3.05) is 6.61 Å². The molecule has 0 unspecified atom stereocenters. The highest BCUT2D eigenvalue weighted by Crippen LogP contribution is 2.28. The molecule has 0 fully saturated rings. The van der Waals surface area contributed by atoms with Crippen molar-refractivity contribution < 1.29 is 27.5 Å². The Hall–Kier alpha value is -0.890. The first-order chi connectivity index (χ1) is 7.34. The van der Waals surface area contributed by atoms with E-state index in [2.05, 4.69) is 4.74 Å². The van der Waals surface area contributed by atoms with E-state index in [4.69, 9.17) is 0 Å². The minimum absolute atomic E-state index is 0.107. The van der Waals surface area contributed by atoms with Crippen molar-refractivity contribution >= 4 is 5.97 Å². The Kier molecular flexibility index (Phi) is 6.27. The predicted octanol–water partition coefficient (Wildman–Crippen LogP) is 2.58. The van der Waals surface area contributed by atoms with Crippen LogP contribution < -0.4 is 0 Å². The topological polar surface area (TPSA) is 32.8 Å². The van der Waals surface area contributed by atoms with E-state index in [1.165, 1.54) is 0 Å². The summed E-state index contributed by atoms with van der Waals surface area (Å²) in [6, 6.07) is 0. The summed E-state index contributed by atoms with van der Waals surface area (Å²) < 4.78 is 53.3. The number of hydrogen-bond donors (Lipinski definition) is 0.